The van der Waals surface area contributed by atoms with Crippen LogP contribution in [0.1, 0.15) is 12.5 Å². The molecule has 0 aliphatic carbocycles. The summed E-state index contributed by atoms with van der Waals surface area (Å²) in [6.07, 6.45) is 0.438. The van der Waals surface area contributed by atoms with E-state index in [0.717, 1.165) is 11.3 Å². The van der Waals surface area contributed by atoms with Gasteiger partial charge < -0.3 is 4.90 Å². The van der Waals surface area contributed by atoms with Gasteiger partial charge in [-0.15, -0.1) is 0 Å². The van der Waals surface area contributed by atoms with Crippen LogP contribution in [-0.2, 0) is 11.2 Å². The topological polar surface area (TPSA) is 20.3 Å². The summed E-state index contributed by atoms with van der Waals surface area (Å²) in [6.45, 7) is 2.66. The molecule has 2 nitrogen and oxygen atoms in total. The Morgan fingerprint density at radius 2 is 1.78 bits per heavy atom. The summed E-state index contributed by atoms with van der Waals surface area (Å²) >= 11 is 0. The maximum atomic E-state index is 12.3. The van der Waals surface area contributed by atoms with Crippen LogP contribution in [0.5, 0.6) is 0 Å². The van der Waals surface area contributed by atoms with E-state index >= 15 is 0 Å². The van der Waals surface area contributed by atoms with Gasteiger partial charge in [0.2, 0.25) is 5.91 Å². The van der Waals surface area contributed by atoms with E-state index in [1.165, 1.54) is 0 Å². The molecular formula is C16H16NO. The molecule has 1 amide bonds. The lowest BCUT2D eigenvalue weighted by molar-refractivity contribution is -0.117. The van der Waals surface area contributed by atoms with Crippen LogP contribution in [0.25, 0.3) is 0 Å². The fourth-order valence-corrected chi connectivity index (χ4v) is 1.93. The number of benzene rings is 2. The van der Waals surface area contributed by atoms with Crippen LogP contribution in [0.2, 0.25) is 0 Å². The van der Waals surface area contributed by atoms with E-state index in [-0.39, 0.29) is 5.91 Å². The SMILES string of the molecule is CCN(C(=O)Cc1ccccc1)c1cc[c]cc1. The maximum Gasteiger partial charge on any atom is 0.231 e. The smallest absolute Gasteiger partial charge is 0.231 e. The number of carbonyl (C=O) groups excluding carboxylic acids is 1. The molecule has 0 unspecified atom stereocenters. The summed E-state index contributed by atoms with van der Waals surface area (Å²) in [6, 6.07) is 20.3. The first kappa shape index (κ1) is 12.4. The summed E-state index contributed by atoms with van der Waals surface area (Å²) in [5, 5.41) is 0. The highest BCUT2D eigenvalue weighted by Crippen LogP contribution is 2.14. The van der Waals surface area contributed by atoms with E-state index in [2.05, 4.69) is 6.07 Å². The van der Waals surface area contributed by atoms with Gasteiger partial charge in [0, 0.05) is 12.2 Å². The monoisotopic (exact) mass is 238 g/mol. The van der Waals surface area contributed by atoms with Crippen LogP contribution >= 0.6 is 0 Å². The average Bonchev–Trinajstić information content (AvgIpc) is 2.42. The van der Waals surface area contributed by atoms with Crippen molar-refractivity contribution in [2.24, 2.45) is 0 Å². The number of hydrogen-bond donors (Lipinski definition) is 0. The molecule has 0 saturated carbocycles. The van der Waals surface area contributed by atoms with Crippen molar-refractivity contribution >= 4 is 11.6 Å². The molecule has 2 rings (SSSR count). The van der Waals surface area contributed by atoms with Crippen molar-refractivity contribution < 1.29 is 4.79 Å². The third-order valence-corrected chi connectivity index (χ3v) is 2.83. The zero-order valence-electron chi connectivity index (χ0n) is 10.5. The van der Waals surface area contributed by atoms with Crippen LogP contribution in [0.4, 0.5) is 5.69 Å². The van der Waals surface area contributed by atoms with Crippen LogP contribution in [-0.4, -0.2) is 12.5 Å². The molecule has 0 heterocycles. The van der Waals surface area contributed by atoms with E-state index < -0.39 is 0 Å². The third kappa shape index (κ3) is 2.98. The molecule has 0 N–H and O–H groups in total. The van der Waals surface area contributed by atoms with Gasteiger partial charge in [0.1, 0.15) is 0 Å². The Morgan fingerprint density at radius 3 is 2.39 bits per heavy atom. The Labute approximate surface area is 108 Å². The van der Waals surface area contributed by atoms with Crippen molar-refractivity contribution in [3.63, 3.8) is 0 Å². The highest BCUT2D eigenvalue weighted by Gasteiger charge is 2.13. The Balaban J connectivity index is 2.12. The van der Waals surface area contributed by atoms with Crippen molar-refractivity contribution in [1.29, 1.82) is 0 Å². The quantitative estimate of drug-likeness (QED) is 0.801. The molecule has 2 heteroatoms. The number of carbonyl (C=O) groups is 1. The summed E-state index contributed by atoms with van der Waals surface area (Å²) in [7, 11) is 0. The van der Waals surface area contributed by atoms with Crippen LogP contribution < -0.4 is 4.90 Å². The molecule has 0 aliphatic rings. The van der Waals surface area contributed by atoms with E-state index in [0.29, 0.717) is 13.0 Å². The fourth-order valence-electron chi connectivity index (χ4n) is 1.93. The van der Waals surface area contributed by atoms with Gasteiger partial charge in [-0.2, -0.15) is 0 Å². The van der Waals surface area contributed by atoms with Gasteiger partial charge in [-0.05, 0) is 30.7 Å². The molecule has 0 bridgehead atoms. The molecule has 0 aliphatic heterocycles. The van der Waals surface area contributed by atoms with E-state index in [4.69, 9.17) is 0 Å². The zero-order valence-corrected chi connectivity index (χ0v) is 10.5. The summed E-state index contributed by atoms with van der Waals surface area (Å²) in [5.74, 6) is 0.120. The number of hydrogen-bond acceptors (Lipinski definition) is 1. The largest absolute Gasteiger partial charge is 0.312 e. The molecule has 0 aromatic heterocycles. The minimum atomic E-state index is 0.120. The van der Waals surface area contributed by atoms with Crippen molar-refractivity contribution in [2.75, 3.05) is 11.4 Å². The normalized spacial score (nSPS) is 10.1. The molecule has 0 fully saturated rings. The Morgan fingerprint density at radius 1 is 1.11 bits per heavy atom. The summed E-state index contributed by atoms with van der Waals surface area (Å²) in [4.78, 5) is 14.1. The van der Waals surface area contributed by atoms with Gasteiger partial charge in [-0.25, -0.2) is 0 Å². The lowest BCUT2D eigenvalue weighted by Gasteiger charge is -2.21. The maximum absolute atomic E-state index is 12.3. The molecule has 0 saturated heterocycles. The van der Waals surface area contributed by atoms with Gasteiger partial charge in [0.05, 0.1) is 6.42 Å². The molecular weight excluding hydrogens is 222 g/mol. The minimum absolute atomic E-state index is 0.120. The number of anilines is 1. The van der Waals surface area contributed by atoms with E-state index in [9.17, 15) is 4.79 Å². The zero-order chi connectivity index (χ0) is 12.8. The molecule has 1 radical (unpaired) electrons. The number of amides is 1. The predicted octanol–water partition coefficient (Wildman–Crippen LogP) is 3.08. The van der Waals surface area contributed by atoms with E-state index in [1.54, 1.807) is 4.90 Å². The van der Waals surface area contributed by atoms with Gasteiger partial charge in [-0.1, -0.05) is 42.5 Å². The van der Waals surface area contributed by atoms with Crippen LogP contribution in [0.3, 0.4) is 0 Å². The molecule has 2 aromatic carbocycles. The highest BCUT2D eigenvalue weighted by atomic mass is 16.2. The predicted molar refractivity (Wildman–Crippen MR) is 73.5 cm³/mol. The first-order valence-electron chi connectivity index (χ1n) is 6.11. The summed E-state index contributed by atoms with van der Waals surface area (Å²) < 4.78 is 0. The van der Waals surface area contributed by atoms with Crippen molar-refractivity contribution in [3.05, 3.63) is 66.2 Å². The van der Waals surface area contributed by atoms with Crippen molar-refractivity contribution in [2.45, 2.75) is 13.3 Å². The lowest BCUT2D eigenvalue weighted by atomic mass is 10.1. The second kappa shape index (κ2) is 6.01. The number of rotatable bonds is 4. The fraction of sp³-hybridized carbons (Fsp3) is 0.188. The Bertz CT molecular complexity index is 493. The molecule has 0 spiro atoms. The third-order valence-electron chi connectivity index (χ3n) is 2.83. The molecule has 91 valence electrons. The van der Waals surface area contributed by atoms with E-state index in [1.807, 2.05) is 61.5 Å². The van der Waals surface area contributed by atoms with Gasteiger partial charge in [0.15, 0.2) is 0 Å². The van der Waals surface area contributed by atoms with Crippen LogP contribution in [0, 0.1) is 6.07 Å². The molecule has 2 aromatic rings. The Hall–Kier alpha value is -2.09. The van der Waals surface area contributed by atoms with Gasteiger partial charge >= 0.3 is 0 Å². The number of likely N-dealkylation sites (N-methyl/N-ethyl adjacent to an activating group) is 1. The average molecular weight is 238 g/mol. The lowest BCUT2D eigenvalue weighted by Crippen LogP contribution is -2.31. The van der Waals surface area contributed by atoms with Gasteiger partial charge in [-0.3, -0.25) is 4.79 Å². The van der Waals surface area contributed by atoms with Crippen LogP contribution in [0.15, 0.2) is 54.6 Å². The standard InChI is InChI=1S/C16H16NO/c1-2-17(15-11-7-4-8-12-15)16(18)13-14-9-5-3-6-10-14/h3,5-12H,2,13H2,1H3. The molecule has 18 heavy (non-hydrogen) atoms. The minimum Gasteiger partial charge on any atom is -0.312 e. The first-order chi connectivity index (χ1) is 8.81. The van der Waals surface area contributed by atoms with Gasteiger partial charge in [0.25, 0.3) is 0 Å². The van der Waals surface area contributed by atoms with Crippen molar-refractivity contribution in [3.8, 4) is 0 Å². The summed E-state index contributed by atoms with van der Waals surface area (Å²) in [5.41, 5.74) is 1.97. The Kier molecular flexibility index (Phi) is 4.13. The van der Waals surface area contributed by atoms with Crippen molar-refractivity contribution in [1.82, 2.24) is 0 Å². The number of nitrogens with zero attached hydrogens (tertiary/aromatic N) is 1. The highest BCUT2D eigenvalue weighted by molar-refractivity contribution is 5.94. The second-order valence-corrected chi connectivity index (χ2v) is 4.06. The molecule has 0 atom stereocenters. The second-order valence-electron chi connectivity index (χ2n) is 4.06. The first-order valence-corrected chi connectivity index (χ1v) is 6.11.